The molecule has 2 rings (SSSR count). The minimum absolute atomic E-state index is 0.0145. The molecule has 0 atom stereocenters. The highest BCUT2D eigenvalue weighted by Crippen LogP contribution is 2.23. The normalized spacial score (nSPS) is 10.4. The average molecular weight is 272 g/mol. The van der Waals surface area contributed by atoms with Gasteiger partial charge in [0.25, 0.3) is 0 Å². The van der Waals surface area contributed by atoms with Gasteiger partial charge in [0.15, 0.2) is 0 Å². The number of ether oxygens (including phenoxy) is 2. The van der Waals surface area contributed by atoms with Crippen molar-refractivity contribution in [3.05, 3.63) is 58.7 Å². The highest BCUT2D eigenvalue weighted by atomic mass is 16.5. The van der Waals surface area contributed by atoms with Crippen LogP contribution in [0.3, 0.4) is 0 Å². The van der Waals surface area contributed by atoms with Gasteiger partial charge < -0.3 is 14.6 Å². The van der Waals surface area contributed by atoms with E-state index in [1.54, 1.807) is 7.11 Å². The van der Waals surface area contributed by atoms with E-state index in [0.29, 0.717) is 6.61 Å². The van der Waals surface area contributed by atoms with E-state index in [9.17, 15) is 5.11 Å². The van der Waals surface area contributed by atoms with Crippen LogP contribution in [0.5, 0.6) is 11.5 Å². The smallest absolute Gasteiger partial charge is 0.125 e. The molecule has 0 saturated carbocycles. The molecular formula is C17H20O3. The predicted octanol–water partition coefficient (Wildman–Crippen LogP) is 3.38. The third-order valence-corrected chi connectivity index (χ3v) is 3.40. The zero-order valence-corrected chi connectivity index (χ0v) is 12.1. The van der Waals surface area contributed by atoms with Crippen molar-refractivity contribution < 1.29 is 14.6 Å². The van der Waals surface area contributed by atoms with Crippen LogP contribution in [0.15, 0.2) is 36.4 Å². The summed E-state index contributed by atoms with van der Waals surface area (Å²) >= 11 is 0. The van der Waals surface area contributed by atoms with Crippen LogP contribution in [0.25, 0.3) is 0 Å². The van der Waals surface area contributed by atoms with Crippen LogP contribution < -0.4 is 9.47 Å². The molecule has 0 spiro atoms. The van der Waals surface area contributed by atoms with Gasteiger partial charge in [0.2, 0.25) is 0 Å². The van der Waals surface area contributed by atoms with Crippen molar-refractivity contribution in [3.8, 4) is 11.5 Å². The molecule has 0 aliphatic carbocycles. The highest BCUT2D eigenvalue weighted by Gasteiger charge is 2.06. The Hall–Kier alpha value is -2.00. The molecule has 0 unspecified atom stereocenters. The van der Waals surface area contributed by atoms with Crippen LogP contribution in [0, 0.1) is 13.8 Å². The summed E-state index contributed by atoms with van der Waals surface area (Å²) in [6.45, 7) is 4.57. The fraction of sp³-hybridized carbons (Fsp3) is 0.294. The Labute approximate surface area is 119 Å². The first kappa shape index (κ1) is 14.4. The zero-order valence-electron chi connectivity index (χ0n) is 12.1. The average Bonchev–Trinajstić information content (AvgIpc) is 2.48. The summed E-state index contributed by atoms with van der Waals surface area (Å²) in [4.78, 5) is 0. The molecule has 0 aliphatic rings. The lowest BCUT2D eigenvalue weighted by Gasteiger charge is -2.12. The number of aliphatic hydroxyl groups excluding tert-OH is 1. The van der Waals surface area contributed by atoms with E-state index >= 15 is 0 Å². The van der Waals surface area contributed by atoms with Crippen LogP contribution in [0.1, 0.15) is 22.3 Å². The molecule has 0 aromatic heterocycles. The number of rotatable bonds is 5. The molecule has 0 saturated heterocycles. The number of benzene rings is 2. The molecule has 2 aromatic rings. The van der Waals surface area contributed by atoms with E-state index in [1.807, 2.05) is 36.4 Å². The fourth-order valence-electron chi connectivity index (χ4n) is 2.01. The Morgan fingerprint density at radius 3 is 2.45 bits per heavy atom. The molecule has 0 amide bonds. The standard InChI is InChI=1S/C17H20O3/c1-12-4-6-16(8-13(12)2)20-11-15-9-14(10-18)5-7-17(15)19-3/h4-9,18H,10-11H2,1-3H3. The third kappa shape index (κ3) is 3.31. The molecule has 2 aromatic carbocycles. The largest absolute Gasteiger partial charge is 0.496 e. The number of hydrogen-bond acceptors (Lipinski definition) is 3. The summed E-state index contributed by atoms with van der Waals surface area (Å²) in [5, 5.41) is 9.20. The molecule has 0 radical (unpaired) electrons. The van der Waals surface area contributed by atoms with Crippen LogP contribution in [-0.4, -0.2) is 12.2 Å². The summed E-state index contributed by atoms with van der Waals surface area (Å²) in [7, 11) is 1.63. The van der Waals surface area contributed by atoms with Crippen molar-refractivity contribution >= 4 is 0 Å². The molecule has 3 nitrogen and oxygen atoms in total. The zero-order chi connectivity index (χ0) is 14.5. The molecule has 0 heterocycles. The van der Waals surface area contributed by atoms with Gasteiger partial charge in [0.1, 0.15) is 18.1 Å². The summed E-state index contributed by atoms with van der Waals surface area (Å²) in [5.41, 5.74) is 4.23. The summed E-state index contributed by atoms with van der Waals surface area (Å²) in [6.07, 6.45) is 0. The van der Waals surface area contributed by atoms with Crippen molar-refractivity contribution in [3.63, 3.8) is 0 Å². The maximum absolute atomic E-state index is 9.20. The lowest BCUT2D eigenvalue weighted by molar-refractivity contribution is 0.278. The predicted molar refractivity (Wildman–Crippen MR) is 79.2 cm³/mol. The quantitative estimate of drug-likeness (QED) is 0.906. The first-order valence-corrected chi connectivity index (χ1v) is 6.60. The first-order valence-electron chi connectivity index (χ1n) is 6.60. The van der Waals surface area contributed by atoms with Gasteiger partial charge in [-0.15, -0.1) is 0 Å². The van der Waals surface area contributed by atoms with E-state index in [-0.39, 0.29) is 6.61 Å². The monoisotopic (exact) mass is 272 g/mol. The molecule has 0 aliphatic heterocycles. The minimum Gasteiger partial charge on any atom is -0.496 e. The van der Waals surface area contributed by atoms with Gasteiger partial charge in [0, 0.05) is 5.56 Å². The summed E-state index contributed by atoms with van der Waals surface area (Å²) in [5.74, 6) is 1.61. The van der Waals surface area contributed by atoms with Gasteiger partial charge in [-0.2, -0.15) is 0 Å². The third-order valence-electron chi connectivity index (χ3n) is 3.40. The number of methoxy groups -OCH3 is 1. The molecule has 0 bridgehead atoms. The number of aliphatic hydroxyl groups is 1. The fourth-order valence-corrected chi connectivity index (χ4v) is 2.01. The van der Waals surface area contributed by atoms with E-state index in [0.717, 1.165) is 22.6 Å². The first-order chi connectivity index (χ1) is 9.63. The SMILES string of the molecule is COc1ccc(CO)cc1COc1ccc(C)c(C)c1. The topological polar surface area (TPSA) is 38.7 Å². The number of aryl methyl sites for hydroxylation is 2. The van der Waals surface area contributed by atoms with Gasteiger partial charge >= 0.3 is 0 Å². The number of hydrogen-bond donors (Lipinski definition) is 1. The van der Waals surface area contributed by atoms with Crippen LogP contribution in [-0.2, 0) is 13.2 Å². The van der Waals surface area contributed by atoms with Crippen LogP contribution in [0.2, 0.25) is 0 Å². The minimum atomic E-state index is 0.0145. The van der Waals surface area contributed by atoms with Crippen molar-refractivity contribution in [2.75, 3.05) is 7.11 Å². The van der Waals surface area contributed by atoms with E-state index in [1.165, 1.54) is 11.1 Å². The van der Waals surface area contributed by atoms with Gasteiger partial charge in [-0.3, -0.25) is 0 Å². The van der Waals surface area contributed by atoms with Crippen LogP contribution >= 0.6 is 0 Å². The van der Waals surface area contributed by atoms with E-state index in [2.05, 4.69) is 13.8 Å². The Bertz CT molecular complexity index is 591. The Morgan fingerprint density at radius 1 is 1.00 bits per heavy atom. The maximum Gasteiger partial charge on any atom is 0.125 e. The lowest BCUT2D eigenvalue weighted by Crippen LogP contribution is -2.00. The second-order valence-corrected chi connectivity index (χ2v) is 4.84. The molecule has 1 N–H and O–H groups in total. The Kier molecular flexibility index (Phi) is 4.64. The van der Waals surface area contributed by atoms with Crippen molar-refractivity contribution in [1.29, 1.82) is 0 Å². The molecule has 0 fully saturated rings. The highest BCUT2D eigenvalue weighted by molar-refractivity contribution is 5.38. The van der Waals surface area contributed by atoms with Crippen molar-refractivity contribution in [2.45, 2.75) is 27.1 Å². The van der Waals surface area contributed by atoms with E-state index in [4.69, 9.17) is 9.47 Å². The van der Waals surface area contributed by atoms with Crippen molar-refractivity contribution in [1.82, 2.24) is 0 Å². The van der Waals surface area contributed by atoms with Gasteiger partial charge in [-0.25, -0.2) is 0 Å². The van der Waals surface area contributed by atoms with Gasteiger partial charge in [0.05, 0.1) is 13.7 Å². The Morgan fingerprint density at radius 2 is 1.80 bits per heavy atom. The molecule has 106 valence electrons. The maximum atomic E-state index is 9.20. The second-order valence-electron chi connectivity index (χ2n) is 4.84. The van der Waals surface area contributed by atoms with Crippen molar-refractivity contribution in [2.24, 2.45) is 0 Å². The second kappa shape index (κ2) is 6.44. The summed E-state index contributed by atoms with van der Waals surface area (Å²) in [6, 6.07) is 11.6. The Balaban J connectivity index is 2.15. The molecular weight excluding hydrogens is 252 g/mol. The summed E-state index contributed by atoms with van der Waals surface area (Å²) < 4.78 is 11.1. The van der Waals surface area contributed by atoms with Gasteiger partial charge in [-0.05, 0) is 54.8 Å². The van der Waals surface area contributed by atoms with Gasteiger partial charge in [-0.1, -0.05) is 12.1 Å². The lowest BCUT2D eigenvalue weighted by atomic mass is 10.1. The van der Waals surface area contributed by atoms with E-state index < -0.39 is 0 Å². The van der Waals surface area contributed by atoms with Crippen LogP contribution in [0.4, 0.5) is 0 Å². The molecule has 3 heteroatoms. The molecule has 20 heavy (non-hydrogen) atoms.